The smallest absolute Gasteiger partial charge is 0.338 e. The topological polar surface area (TPSA) is 46.5 Å². The molecule has 1 aromatic rings. The van der Waals surface area contributed by atoms with Crippen molar-refractivity contribution in [1.29, 1.82) is 0 Å². The van der Waals surface area contributed by atoms with Crippen LogP contribution in [-0.4, -0.2) is 23.6 Å². The lowest BCUT2D eigenvalue weighted by atomic mass is 10.1. The second kappa shape index (κ2) is 7.98. The van der Waals surface area contributed by atoms with Gasteiger partial charge >= 0.3 is 5.97 Å². The van der Waals surface area contributed by atoms with Gasteiger partial charge in [0.25, 0.3) is 0 Å². The molecule has 0 aliphatic carbocycles. The fraction of sp³-hybridized carbons (Fsp3) is 0.182. The molecule has 1 atom stereocenters. The van der Waals surface area contributed by atoms with Crippen molar-refractivity contribution in [1.82, 2.24) is 0 Å². The molecule has 1 N–H and O–H groups in total. The molecule has 0 aromatic heterocycles. The Kier molecular flexibility index (Phi) is 6.98. The number of carboxylic acid groups (broad SMARTS) is 1. The minimum absolute atomic E-state index is 0.0867. The van der Waals surface area contributed by atoms with Crippen molar-refractivity contribution in [3.05, 3.63) is 39.1 Å². The summed E-state index contributed by atoms with van der Waals surface area (Å²) in [5.41, 5.74) is 0.633. The predicted molar refractivity (Wildman–Crippen MR) is 77.4 cm³/mol. The molecule has 0 saturated carbocycles. The summed E-state index contributed by atoms with van der Waals surface area (Å²) in [7, 11) is 0.183. The van der Waals surface area contributed by atoms with Gasteiger partial charge in [0, 0.05) is 14.7 Å². The summed E-state index contributed by atoms with van der Waals surface area (Å²) in [5.74, 6) is 1.11. The first kappa shape index (κ1) is 15.7. The van der Waals surface area contributed by atoms with Crippen molar-refractivity contribution < 1.29 is 14.4 Å². The molecule has 0 aliphatic rings. The lowest BCUT2D eigenvalue weighted by Crippen LogP contribution is -1.99. The number of alkyl halides is 1. The van der Waals surface area contributed by atoms with Crippen LogP contribution in [0.15, 0.2) is 17.9 Å². The summed E-state index contributed by atoms with van der Waals surface area (Å²) < 4.78 is 5.18. The van der Waals surface area contributed by atoms with Crippen LogP contribution in [0.1, 0.15) is 15.9 Å². The molecule has 0 amide bonds. The lowest BCUT2D eigenvalue weighted by molar-refractivity contribution is 0.0697. The minimum Gasteiger partial charge on any atom is -0.478 e. The van der Waals surface area contributed by atoms with Crippen molar-refractivity contribution in [2.24, 2.45) is 0 Å². The van der Waals surface area contributed by atoms with Gasteiger partial charge in [-0.05, 0) is 23.5 Å². The van der Waals surface area contributed by atoms with E-state index in [1.807, 2.05) is 0 Å². The Morgan fingerprint density at radius 2 is 2.00 bits per heavy atom. The summed E-state index contributed by atoms with van der Waals surface area (Å²) in [4.78, 5) is 10.9. The zero-order chi connectivity index (χ0) is 13.5. The molecule has 0 saturated heterocycles. The third-order valence-corrected chi connectivity index (χ3v) is 3.31. The highest BCUT2D eigenvalue weighted by Gasteiger charge is 2.13. The van der Waals surface area contributed by atoms with E-state index >= 15 is 0 Å². The van der Waals surface area contributed by atoms with E-state index in [4.69, 9.17) is 44.4 Å². The maximum atomic E-state index is 10.9. The van der Waals surface area contributed by atoms with Gasteiger partial charge in [0.15, 0.2) is 0 Å². The Balaban J connectivity index is 2.77. The monoisotopic (exact) mass is 326 g/mol. The summed E-state index contributed by atoms with van der Waals surface area (Å²) in [5, 5.41) is 9.11. The molecule has 0 spiro atoms. The van der Waals surface area contributed by atoms with Crippen LogP contribution in [0.3, 0.4) is 0 Å². The van der Waals surface area contributed by atoms with Crippen LogP contribution in [0.25, 0.3) is 6.08 Å². The van der Waals surface area contributed by atoms with Gasteiger partial charge in [-0.1, -0.05) is 29.3 Å². The average Bonchev–Trinajstić information content (AvgIpc) is 2.27. The first-order valence-electron chi connectivity index (χ1n) is 4.88. The highest BCUT2D eigenvalue weighted by atomic mass is 35.5. The SMILES string of the molecule is O=C(O)c1c(Cl)cc(/C=C/POCCCl)cc1Cl. The van der Waals surface area contributed by atoms with Crippen LogP contribution >= 0.6 is 43.6 Å². The largest absolute Gasteiger partial charge is 0.478 e. The van der Waals surface area contributed by atoms with Crippen LogP contribution in [-0.2, 0) is 4.52 Å². The van der Waals surface area contributed by atoms with Crippen LogP contribution in [0.4, 0.5) is 0 Å². The van der Waals surface area contributed by atoms with Crippen molar-refractivity contribution in [2.75, 3.05) is 12.5 Å². The lowest BCUT2D eigenvalue weighted by Gasteiger charge is -2.03. The van der Waals surface area contributed by atoms with Crippen molar-refractivity contribution >= 4 is 55.7 Å². The minimum atomic E-state index is -1.15. The number of hydrogen-bond donors (Lipinski definition) is 1. The van der Waals surface area contributed by atoms with Gasteiger partial charge in [0.1, 0.15) is 0 Å². The fourth-order valence-corrected chi connectivity index (χ4v) is 2.62. The van der Waals surface area contributed by atoms with Crippen molar-refractivity contribution in [3.63, 3.8) is 0 Å². The number of aromatic carboxylic acids is 1. The molecule has 18 heavy (non-hydrogen) atoms. The molecule has 0 fully saturated rings. The molecule has 7 heteroatoms. The molecule has 3 nitrogen and oxygen atoms in total. The van der Waals surface area contributed by atoms with Gasteiger partial charge in [-0.2, -0.15) is 0 Å². The molecule has 0 aliphatic heterocycles. The van der Waals surface area contributed by atoms with Gasteiger partial charge in [0.2, 0.25) is 0 Å². The summed E-state index contributed by atoms with van der Waals surface area (Å²) in [6.07, 6.45) is 1.76. The fourth-order valence-electron chi connectivity index (χ4n) is 1.17. The third kappa shape index (κ3) is 4.75. The second-order valence-corrected chi connectivity index (χ2v) is 5.20. The second-order valence-electron chi connectivity index (χ2n) is 3.15. The standard InChI is InChI=1S/C11H10Cl3O3P/c12-2-3-17-18-4-1-7-5-8(13)10(11(15)16)9(14)6-7/h1,4-6,18H,2-3H2,(H,15,16)/b4-1+. The maximum Gasteiger partial charge on any atom is 0.338 e. The van der Waals surface area contributed by atoms with E-state index in [1.54, 1.807) is 24.0 Å². The van der Waals surface area contributed by atoms with E-state index in [9.17, 15) is 4.79 Å². The molecule has 1 aromatic carbocycles. The molecule has 1 rings (SSSR count). The Labute approximate surface area is 122 Å². The third-order valence-electron chi connectivity index (χ3n) is 1.88. The number of rotatable bonds is 6. The first-order valence-corrected chi connectivity index (χ1v) is 7.16. The normalized spacial score (nSPS) is 11.7. The van der Waals surface area contributed by atoms with Gasteiger partial charge < -0.3 is 9.63 Å². The number of carboxylic acids is 1. The zero-order valence-electron chi connectivity index (χ0n) is 9.12. The Morgan fingerprint density at radius 3 is 2.50 bits per heavy atom. The molecule has 98 valence electrons. The highest BCUT2D eigenvalue weighted by Crippen LogP contribution is 2.28. The maximum absolute atomic E-state index is 10.9. The van der Waals surface area contributed by atoms with E-state index < -0.39 is 5.97 Å². The summed E-state index contributed by atoms with van der Waals surface area (Å²) >= 11 is 17.1. The van der Waals surface area contributed by atoms with Crippen LogP contribution < -0.4 is 0 Å². The number of hydrogen-bond acceptors (Lipinski definition) is 2. The van der Waals surface area contributed by atoms with Crippen LogP contribution in [0.5, 0.6) is 0 Å². The van der Waals surface area contributed by atoms with Crippen molar-refractivity contribution in [2.45, 2.75) is 0 Å². The predicted octanol–water partition coefficient (Wildman–Crippen LogP) is 4.51. The number of halogens is 3. The first-order chi connectivity index (χ1) is 8.56. The van der Waals surface area contributed by atoms with E-state index in [0.29, 0.717) is 12.5 Å². The van der Waals surface area contributed by atoms with Gasteiger partial charge in [-0.15, -0.1) is 11.6 Å². The average molecular weight is 328 g/mol. The molecular weight excluding hydrogens is 317 g/mol. The molecule has 0 radical (unpaired) electrons. The highest BCUT2D eigenvalue weighted by molar-refractivity contribution is 7.36. The van der Waals surface area contributed by atoms with Crippen LogP contribution in [0, 0.1) is 0 Å². The van der Waals surface area contributed by atoms with E-state index in [-0.39, 0.29) is 24.4 Å². The Bertz CT molecular complexity index is 440. The summed E-state index contributed by atoms with van der Waals surface area (Å²) in [6, 6.07) is 3.08. The van der Waals surface area contributed by atoms with Crippen LogP contribution in [0.2, 0.25) is 10.0 Å². The number of benzene rings is 1. The van der Waals surface area contributed by atoms with Gasteiger partial charge in [-0.3, -0.25) is 0 Å². The quantitative estimate of drug-likeness (QED) is 0.475. The van der Waals surface area contributed by atoms with Gasteiger partial charge in [-0.25, -0.2) is 4.79 Å². The molecule has 0 heterocycles. The Morgan fingerprint density at radius 1 is 1.39 bits per heavy atom. The van der Waals surface area contributed by atoms with Gasteiger partial charge in [0.05, 0.1) is 22.2 Å². The van der Waals surface area contributed by atoms with E-state index in [1.165, 1.54) is 0 Å². The van der Waals surface area contributed by atoms with E-state index in [2.05, 4.69) is 0 Å². The summed E-state index contributed by atoms with van der Waals surface area (Å²) in [6.45, 7) is 0.490. The van der Waals surface area contributed by atoms with E-state index in [0.717, 1.165) is 5.56 Å². The zero-order valence-corrected chi connectivity index (χ0v) is 12.4. The number of carbonyl (C=O) groups is 1. The molecule has 1 unspecified atom stereocenters. The molecule has 0 bridgehead atoms. The van der Waals surface area contributed by atoms with Crippen molar-refractivity contribution in [3.8, 4) is 0 Å². The Hall–Kier alpha value is -0.310. The molecular formula is C11H10Cl3O3P.